The summed E-state index contributed by atoms with van der Waals surface area (Å²) in [5.41, 5.74) is 0.790. The Morgan fingerprint density at radius 2 is 2.22 bits per heavy atom. The summed E-state index contributed by atoms with van der Waals surface area (Å²) in [6.07, 6.45) is 7.74. The topological polar surface area (TPSA) is 65.8 Å². The second-order valence-electron chi connectivity index (χ2n) is 4.76. The summed E-state index contributed by atoms with van der Waals surface area (Å²) in [7, 11) is 0. The van der Waals surface area contributed by atoms with Crippen LogP contribution in [0.5, 0.6) is 0 Å². The van der Waals surface area contributed by atoms with Crippen LogP contribution in [0.25, 0.3) is 0 Å². The van der Waals surface area contributed by atoms with Crippen LogP contribution < -0.4 is 5.32 Å². The van der Waals surface area contributed by atoms with Gasteiger partial charge in [-0.3, -0.25) is 9.78 Å². The van der Waals surface area contributed by atoms with Gasteiger partial charge in [-0.05, 0) is 30.9 Å². The van der Waals surface area contributed by atoms with E-state index in [1.165, 1.54) is 44.4 Å². The molecule has 0 atom stereocenters. The van der Waals surface area contributed by atoms with Crippen molar-refractivity contribution in [3.05, 3.63) is 29.6 Å². The maximum Gasteiger partial charge on any atom is 0.269 e. The van der Waals surface area contributed by atoms with Gasteiger partial charge in [-0.15, -0.1) is 0 Å². The minimum Gasteiger partial charge on any atom is -0.350 e. The normalized spacial score (nSPS) is 15.9. The SMILES string of the molecule is N#Cc1ccnc(C(=O)NCC2CCCCC2)c1. The molecule has 1 heterocycles. The molecule has 1 N–H and O–H groups in total. The molecule has 1 aliphatic carbocycles. The first kappa shape index (κ1) is 12.6. The fraction of sp³-hybridized carbons (Fsp3) is 0.500. The zero-order valence-corrected chi connectivity index (χ0v) is 10.4. The monoisotopic (exact) mass is 243 g/mol. The van der Waals surface area contributed by atoms with Crippen LogP contribution in [-0.4, -0.2) is 17.4 Å². The predicted molar refractivity (Wildman–Crippen MR) is 67.9 cm³/mol. The van der Waals surface area contributed by atoms with Gasteiger partial charge in [0.25, 0.3) is 5.91 Å². The smallest absolute Gasteiger partial charge is 0.269 e. The molecule has 0 saturated heterocycles. The van der Waals surface area contributed by atoms with E-state index in [0.29, 0.717) is 17.2 Å². The van der Waals surface area contributed by atoms with Crippen LogP contribution >= 0.6 is 0 Å². The number of amides is 1. The molecule has 1 saturated carbocycles. The Balaban J connectivity index is 1.89. The van der Waals surface area contributed by atoms with E-state index in [0.717, 1.165) is 6.54 Å². The number of pyridine rings is 1. The molecule has 94 valence electrons. The van der Waals surface area contributed by atoms with Crippen LogP contribution in [0.3, 0.4) is 0 Å². The summed E-state index contributed by atoms with van der Waals surface area (Å²) >= 11 is 0. The average Bonchev–Trinajstić information content (AvgIpc) is 2.46. The highest BCUT2D eigenvalue weighted by Gasteiger charge is 2.15. The molecule has 1 aliphatic rings. The van der Waals surface area contributed by atoms with Crippen molar-refractivity contribution in [2.24, 2.45) is 5.92 Å². The van der Waals surface area contributed by atoms with Gasteiger partial charge in [-0.1, -0.05) is 19.3 Å². The lowest BCUT2D eigenvalue weighted by Crippen LogP contribution is -2.30. The van der Waals surface area contributed by atoms with Gasteiger partial charge in [0, 0.05) is 12.7 Å². The number of nitriles is 1. The van der Waals surface area contributed by atoms with Crippen molar-refractivity contribution >= 4 is 5.91 Å². The largest absolute Gasteiger partial charge is 0.350 e. The lowest BCUT2D eigenvalue weighted by atomic mass is 9.89. The molecule has 1 aromatic heterocycles. The summed E-state index contributed by atoms with van der Waals surface area (Å²) in [4.78, 5) is 15.9. The van der Waals surface area contributed by atoms with Crippen LogP contribution in [-0.2, 0) is 0 Å². The quantitative estimate of drug-likeness (QED) is 0.885. The van der Waals surface area contributed by atoms with Gasteiger partial charge in [0.1, 0.15) is 5.69 Å². The summed E-state index contributed by atoms with van der Waals surface area (Å²) in [6.45, 7) is 0.720. The number of rotatable bonds is 3. The van der Waals surface area contributed by atoms with Crippen molar-refractivity contribution in [1.29, 1.82) is 5.26 Å². The standard InChI is InChI=1S/C14H17N3O/c15-9-12-6-7-16-13(8-12)14(18)17-10-11-4-2-1-3-5-11/h6-8,11H,1-5,10H2,(H,17,18). The third-order valence-corrected chi connectivity index (χ3v) is 3.40. The lowest BCUT2D eigenvalue weighted by Gasteiger charge is -2.21. The molecule has 0 aliphatic heterocycles. The van der Waals surface area contributed by atoms with Crippen LogP contribution in [0.1, 0.15) is 48.2 Å². The zero-order chi connectivity index (χ0) is 12.8. The van der Waals surface area contributed by atoms with Crippen molar-refractivity contribution in [3.8, 4) is 6.07 Å². The fourth-order valence-electron chi connectivity index (χ4n) is 2.34. The molecule has 1 amide bonds. The Labute approximate surface area is 107 Å². The average molecular weight is 243 g/mol. The highest BCUT2D eigenvalue weighted by molar-refractivity contribution is 5.92. The first-order valence-corrected chi connectivity index (χ1v) is 6.44. The molecular weight excluding hydrogens is 226 g/mol. The van der Waals surface area contributed by atoms with E-state index in [4.69, 9.17) is 5.26 Å². The maximum atomic E-state index is 11.9. The Bertz CT molecular complexity index is 458. The van der Waals surface area contributed by atoms with Crippen molar-refractivity contribution in [1.82, 2.24) is 10.3 Å². The first-order chi connectivity index (χ1) is 8.79. The Kier molecular flexibility index (Phi) is 4.30. The minimum absolute atomic E-state index is 0.183. The van der Waals surface area contributed by atoms with Gasteiger partial charge in [-0.2, -0.15) is 5.26 Å². The van der Waals surface area contributed by atoms with Crippen molar-refractivity contribution in [3.63, 3.8) is 0 Å². The molecule has 18 heavy (non-hydrogen) atoms. The predicted octanol–water partition coefficient (Wildman–Crippen LogP) is 2.26. The van der Waals surface area contributed by atoms with E-state index >= 15 is 0 Å². The third-order valence-electron chi connectivity index (χ3n) is 3.40. The first-order valence-electron chi connectivity index (χ1n) is 6.44. The summed E-state index contributed by atoms with van der Waals surface area (Å²) in [5.74, 6) is 0.416. The van der Waals surface area contributed by atoms with Gasteiger partial charge in [-0.25, -0.2) is 0 Å². The second kappa shape index (κ2) is 6.15. The van der Waals surface area contributed by atoms with Crippen LogP contribution in [0.15, 0.2) is 18.3 Å². The fourth-order valence-corrected chi connectivity index (χ4v) is 2.34. The number of hydrogen-bond acceptors (Lipinski definition) is 3. The summed E-state index contributed by atoms with van der Waals surface area (Å²) < 4.78 is 0. The maximum absolute atomic E-state index is 11.9. The molecule has 4 nitrogen and oxygen atoms in total. The zero-order valence-electron chi connectivity index (χ0n) is 10.4. The van der Waals surface area contributed by atoms with Gasteiger partial charge in [0.2, 0.25) is 0 Å². The molecule has 4 heteroatoms. The van der Waals surface area contributed by atoms with E-state index < -0.39 is 0 Å². The highest BCUT2D eigenvalue weighted by atomic mass is 16.1. The number of aromatic nitrogens is 1. The van der Waals surface area contributed by atoms with Crippen LogP contribution in [0.2, 0.25) is 0 Å². The van der Waals surface area contributed by atoms with E-state index in [2.05, 4.69) is 10.3 Å². The Morgan fingerprint density at radius 3 is 2.94 bits per heavy atom. The van der Waals surface area contributed by atoms with Crippen molar-refractivity contribution in [2.75, 3.05) is 6.54 Å². The highest BCUT2D eigenvalue weighted by Crippen LogP contribution is 2.22. The van der Waals surface area contributed by atoms with Crippen LogP contribution in [0.4, 0.5) is 0 Å². The van der Waals surface area contributed by atoms with E-state index in [1.807, 2.05) is 6.07 Å². The third kappa shape index (κ3) is 3.30. The van der Waals surface area contributed by atoms with Gasteiger partial charge < -0.3 is 5.32 Å². The molecule has 0 unspecified atom stereocenters. The molecular formula is C14H17N3O. The number of nitrogens with zero attached hydrogens (tertiary/aromatic N) is 2. The number of carbonyl (C=O) groups excluding carboxylic acids is 1. The molecule has 0 radical (unpaired) electrons. The number of carbonyl (C=O) groups is 1. The summed E-state index contributed by atoms with van der Waals surface area (Å²) in [6, 6.07) is 5.13. The molecule has 0 bridgehead atoms. The van der Waals surface area contributed by atoms with E-state index in [-0.39, 0.29) is 5.91 Å². The van der Waals surface area contributed by atoms with Crippen LogP contribution in [0, 0.1) is 17.2 Å². The van der Waals surface area contributed by atoms with Crippen molar-refractivity contribution in [2.45, 2.75) is 32.1 Å². The number of hydrogen-bond donors (Lipinski definition) is 1. The summed E-state index contributed by atoms with van der Waals surface area (Å²) in [5, 5.41) is 11.7. The molecule has 0 spiro atoms. The van der Waals surface area contributed by atoms with Gasteiger partial charge in [0.05, 0.1) is 11.6 Å². The van der Waals surface area contributed by atoms with Gasteiger partial charge >= 0.3 is 0 Å². The molecule has 0 aromatic carbocycles. The Hall–Kier alpha value is -1.89. The molecule has 1 aromatic rings. The molecule has 2 rings (SSSR count). The van der Waals surface area contributed by atoms with Gasteiger partial charge in [0.15, 0.2) is 0 Å². The molecule has 1 fully saturated rings. The number of nitrogens with one attached hydrogen (secondary N) is 1. The minimum atomic E-state index is -0.183. The second-order valence-corrected chi connectivity index (χ2v) is 4.76. The van der Waals surface area contributed by atoms with Crippen molar-refractivity contribution < 1.29 is 4.79 Å². The lowest BCUT2D eigenvalue weighted by molar-refractivity contribution is 0.0938. The Morgan fingerprint density at radius 1 is 1.44 bits per heavy atom. The van der Waals surface area contributed by atoms with E-state index in [1.54, 1.807) is 6.07 Å². The van der Waals surface area contributed by atoms with E-state index in [9.17, 15) is 4.79 Å².